The average molecular weight is 264 g/mol. The summed E-state index contributed by atoms with van der Waals surface area (Å²) in [6.45, 7) is 2.10. The number of anilines is 1. The largest absolute Gasteiger partial charge is 0.398 e. The summed E-state index contributed by atoms with van der Waals surface area (Å²) < 4.78 is 13.4. The maximum Gasteiger partial charge on any atom is 0.139 e. The van der Waals surface area contributed by atoms with Crippen LogP contribution in [-0.2, 0) is 0 Å². The number of rotatable bonds is 3. The number of halogens is 2. The van der Waals surface area contributed by atoms with Crippen molar-refractivity contribution >= 4 is 33.4 Å². The smallest absolute Gasteiger partial charge is 0.139 e. The Labute approximate surface area is 90.0 Å². The third-order valence-corrected chi connectivity index (χ3v) is 3.40. The summed E-state index contributed by atoms with van der Waals surface area (Å²) in [6.07, 6.45) is 1.08. The molecular weight excluding hydrogens is 253 g/mol. The summed E-state index contributed by atoms with van der Waals surface area (Å²) in [6, 6.07) is 3.08. The molecule has 0 atom stereocenters. The van der Waals surface area contributed by atoms with E-state index in [-0.39, 0.29) is 5.82 Å². The Balaban J connectivity index is 2.88. The van der Waals surface area contributed by atoms with E-state index in [0.717, 1.165) is 17.1 Å². The van der Waals surface area contributed by atoms with E-state index in [4.69, 9.17) is 5.73 Å². The molecule has 0 spiro atoms. The molecule has 0 aliphatic rings. The minimum Gasteiger partial charge on any atom is -0.398 e. The summed E-state index contributed by atoms with van der Waals surface area (Å²) >= 11 is 4.78. The van der Waals surface area contributed by atoms with E-state index in [1.165, 1.54) is 6.07 Å². The Morgan fingerprint density at radius 2 is 2.23 bits per heavy atom. The van der Waals surface area contributed by atoms with Crippen LogP contribution in [0.1, 0.15) is 13.3 Å². The molecule has 0 aromatic heterocycles. The summed E-state index contributed by atoms with van der Waals surface area (Å²) in [7, 11) is 0. The molecule has 0 bridgehead atoms. The fourth-order valence-corrected chi connectivity index (χ4v) is 2.23. The SMILES string of the molecule is CCCSc1cc(Br)c(F)cc1N. The second-order valence-corrected chi connectivity index (χ2v) is 4.64. The summed E-state index contributed by atoms with van der Waals surface area (Å²) in [4.78, 5) is 0.940. The Kier molecular flexibility index (Phi) is 4.06. The van der Waals surface area contributed by atoms with Gasteiger partial charge in [-0.2, -0.15) is 0 Å². The molecule has 1 aromatic rings. The van der Waals surface area contributed by atoms with Crippen molar-refractivity contribution in [2.45, 2.75) is 18.2 Å². The first-order valence-corrected chi connectivity index (χ1v) is 5.80. The fourth-order valence-electron chi connectivity index (χ4n) is 0.881. The standard InChI is InChI=1S/C9H11BrFNS/c1-2-3-13-9-4-6(10)7(11)5-8(9)12/h4-5H,2-3,12H2,1H3. The highest BCUT2D eigenvalue weighted by atomic mass is 79.9. The van der Waals surface area contributed by atoms with Gasteiger partial charge in [0, 0.05) is 10.6 Å². The van der Waals surface area contributed by atoms with Crippen molar-refractivity contribution in [2.75, 3.05) is 11.5 Å². The third kappa shape index (κ3) is 2.88. The van der Waals surface area contributed by atoms with E-state index in [0.29, 0.717) is 10.2 Å². The number of nitrogens with two attached hydrogens (primary N) is 1. The molecule has 0 radical (unpaired) electrons. The van der Waals surface area contributed by atoms with Crippen molar-refractivity contribution in [3.8, 4) is 0 Å². The highest BCUT2D eigenvalue weighted by Gasteiger charge is 2.05. The van der Waals surface area contributed by atoms with Crippen molar-refractivity contribution in [3.63, 3.8) is 0 Å². The topological polar surface area (TPSA) is 26.0 Å². The predicted octanol–water partition coefficient (Wildman–Crippen LogP) is 3.67. The van der Waals surface area contributed by atoms with Gasteiger partial charge in [-0.1, -0.05) is 6.92 Å². The highest BCUT2D eigenvalue weighted by Crippen LogP contribution is 2.30. The van der Waals surface area contributed by atoms with Crippen LogP contribution in [0.5, 0.6) is 0 Å². The second-order valence-electron chi connectivity index (χ2n) is 2.65. The van der Waals surface area contributed by atoms with Crippen LogP contribution in [0.2, 0.25) is 0 Å². The lowest BCUT2D eigenvalue weighted by atomic mass is 10.3. The molecule has 1 aromatic carbocycles. The lowest BCUT2D eigenvalue weighted by Crippen LogP contribution is -1.91. The number of nitrogen functional groups attached to an aromatic ring is 1. The lowest BCUT2D eigenvalue weighted by molar-refractivity contribution is 0.620. The van der Waals surface area contributed by atoms with Gasteiger partial charge in [0.2, 0.25) is 0 Å². The molecule has 1 rings (SSSR count). The van der Waals surface area contributed by atoms with Gasteiger partial charge < -0.3 is 5.73 Å². The maximum atomic E-state index is 12.9. The molecule has 0 aliphatic carbocycles. The van der Waals surface area contributed by atoms with Crippen LogP contribution in [0.4, 0.5) is 10.1 Å². The normalized spacial score (nSPS) is 10.4. The molecule has 1 nitrogen and oxygen atoms in total. The van der Waals surface area contributed by atoms with Crippen LogP contribution >= 0.6 is 27.7 Å². The molecule has 72 valence electrons. The molecule has 0 unspecified atom stereocenters. The van der Waals surface area contributed by atoms with Gasteiger partial charge in [-0.05, 0) is 40.2 Å². The Bertz CT molecular complexity index is 304. The molecule has 0 saturated heterocycles. The Morgan fingerprint density at radius 3 is 2.85 bits per heavy atom. The first-order chi connectivity index (χ1) is 6.15. The van der Waals surface area contributed by atoms with Crippen LogP contribution in [0, 0.1) is 5.82 Å². The minimum absolute atomic E-state index is 0.307. The number of hydrogen-bond donors (Lipinski definition) is 1. The zero-order chi connectivity index (χ0) is 9.84. The van der Waals surface area contributed by atoms with Gasteiger partial charge in [0.1, 0.15) is 5.82 Å². The van der Waals surface area contributed by atoms with Crippen LogP contribution in [0.3, 0.4) is 0 Å². The zero-order valence-electron chi connectivity index (χ0n) is 7.31. The number of thioether (sulfide) groups is 1. The second kappa shape index (κ2) is 4.86. The predicted molar refractivity (Wildman–Crippen MR) is 59.5 cm³/mol. The van der Waals surface area contributed by atoms with Crippen molar-refractivity contribution in [3.05, 3.63) is 22.4 Å². The van der Waals surface area contributed by atoms with Gasteiger partial charge >= 0.3 is 0 Å². The first kappa shape index (κ1) is 10.9. The molecule has 4 heteroatoms. The van der Waals surface area contributed by atoms with E-state index < -0.39 is 0 Å². The van der Waals surface area contributed by atoms with E-state index >= 15 is 0 Å². The zero-order valence-corrected chi connectivity index (χ0v) is 9.71. The van der Waals surface area contributed by atoms with Gasteiger partial charge in [-0.25, -0.2) is 4.39 Å². The quantitative estimate of drug-likeness (QED) is 0.665. The summed E-state index contributed by atoms with van der Waals surface area (Å²) in [5, 5.41) is 0. The third-order valence-electron chi connectivity index (χ3n) is 1.51. The van der Waals surface area contributed by atoms with E-state index in [1.54, 1.807) is 17.8 Å². The molecule has 0 saturated carbocycles. The van der Waals surface area contributed by atoms with Gasteiger partial charge in [-0.3, -0.25) is 0 Å². The van der Waals surface area contributed by atoms with Gasteiger partial charge in [0.15, 0.2) is 0 Å². The maximum absolute atomic E-state index is 12.9. The molecule has 0 fully saturated rings. The monoisotopic (exact) mass is 263 g/mol. The molecule has 13 heavy (non-hydrogen) atoms. The minimum atomic E-state index is -0.307. The van der Waals surface area contributed by atoms with E-state index in [9.17, 15) is 4.39 Å². The molecule has 2 N–H and O–H groups in total. The van der Waals surface area contributed by atoms with E-state index in [2.05, 4.69) is 22.9 Å². The summed E-state index contributed by atoms with van der Waals surface area (Å²) in [5.41, 5.74) is 6.16. The van der Waals surface area contributed by atoms with E-state index in [1.807, 2.05) is 0 Å². The van der Waals surface area contributed by atoms with Crippen molar-refractivity contribution < 1.29 is 4.39 Å². The van der Waals surface area contributed by atoms with Gasteiger partial charge in [0.05, 0.1) is 4.47 Å². The molecule has 0 amide bonds. The highest BCUT2D eigenvalue weighted by molar-refractivity contribution is 9.10. The van der Waals surface area contributed by atoms with Crippen molar-refractivity contribution in [2.24, 2.45) is 0 Å². The van der Waals surface area contributed by atoms with Crippen molar-refractivity contribution in [1.82, 2.24) is 0 Å². The Hall–Kier alpha value is -0.220. The number of benzene rings is 1. The fraction of sp³-hybridized carbons (Fsp3) is 0.333. The Morgan fingerprint density at radius 1 is 1.54 bits per heavy atom. The van der Waals surface area contributed by atoms with Gasteiger partial charge in [0.25, 0.3) is 0 Å². The lowest BCUT2D eigenvalue weighted by Gasteiger charge is -2.05. The van der Waals surface area contributed by atoms with Crippen LogP contribution < -0.4 is 5.73 Å². The molecule has 0 aliphatic heterocycles. The van der Waals surface area contributed by atoms with Crippen molar-refractivity contribution in [1.29, 1.82) is 0 Å². The van der Waals surface area contributed by atoms with Crippen LogP contribution in [-0.4, -0.2) is 5.75 Å². The summed E-state index contributed by atoms with van der Waals surface area (Å²) in [5.74, 6) is 0.695. The first-order valence-electron chi connectivity index (χ1n) is 4.02. The molecule has 0 heterocycles. The average Bonchev–Trinajstić information content (AvgIpc) is 2.09. The molecular formula is C9H11BrFNS. The number of hydrogen-bond acceptors (Lipinski definition) is 2. The van der Waals surface area contributed by atoms with Gasteiger partial charge in [-0.15, -0.1) is 11.8 Å². The van der Waals surface area contributed by atoms with Crippen LogP contribution in [0.25, 0.3) is 0 Å². The van der Waals surface area contributed by atoms with Crippen LogP contribution in [0.15, 0.2) is 21.5 Å².